The van der Waals surface area contributed by atoms with Crippen molar-refractivity contribution in [3.63, 3.8) is 0 Å². The van der Waals surface area contributed by atoms with E-state index in [1.807, 2.05) is 18.2 Å². The van der Waals surface area contributed by atoms with Crippen molar-refractivity contribution in [1.29, 1.82) is 0 Å². The summed E-state index contributed by atoms with van der Waals surface area (Å²) in [6.07, 6.45) is 2.44. The van der Waals surface area contributed by atoms with Gasteiger partial charge in [0, 0.05) is 12.5 Å². The molecule has 7 nitrogen and oxygen atoms in total. The number of fused-ring (bicyclic) bond motifs is 1. The number of amides is 1. The maximum absolute atomic E-state index is 12.1. The van der Waals surface area contributed by atoms with Crippen LogP contribution in [0.1, 0.15) is 24.3 Å². The Balaban J connectivity index is 1.35. The Morgan fingerprint density at radius 2 is 2.13 bits per heavy atom. The van der Waals surface area contributed by atoms with Crippen molar-refractivity contribution < 1.29 is 14.3 Å². The van der Waals surface area contributed by atoms with Crippen LogP contribution in [0.4, 0.5) is 0 Å². The Bertz CT molecular complexity index is 591. The fourth-order valence-corrected chi connectivity index (χ4v) is 3.02. The highest BCUT2D eigenvalue weighted by Gasteiger charge is 2.30. The zero-order valence-electron chi connectivity index (χ0n) is 12.9. The molecule has 1 aromatic carbocycles. The summed E-state index contributed by atoms with van der Waals surface area (Å²) in [5.74, 6) is 2.48. The summed E-state index contributed by atoms with van der Waals surface area (Å²) in [6.45, 7) is 2.32. The maximum atomic E-state index is 12.1. The Kier molecular flexibility index (Phi) is 4.07. The van der Waals surface area contributed by atoms with Crippen LogP contribution in [0.3, 0.4) is 0 Å². The number of carbonyl (C=O) groups is 1. The van der Waals surface area contributed by atoms with E-state index in [4.69, 9.17) is 9.47 Å². The lowest BCUT2D eigenvalue weighted by molar-refractivity contribution is -0.121. The molecule has 1 saturated carbocycles. The van der Waals surface area contributed by atoms with Crippen LogP contribution in [0.2, 0.25) is 0 Å². The van der Waals surface area contributed by atoms with Crippen LogP contribution in [0.25, 0.3) is 0 Å². The molecule has 0 spiro atoms. The van der Waals surface area contributed by atoms with Crippen LogP contribution in [0.15, 0.2) is 18.2 Å². The highest BCUT2D eigenvalue weighted by molar-refractivity contribution is 5.78. The SMILES string of the molecule is O=C(CNCC1CC1)NC1NNCC1c1ccc2c(c1)OCO2. The zero-order chi connectivity index (χ0) is 15.6. The Labute approximate surface area is 135 Å². The summed E-state index contributed by atoms with van der Waals surface area (Å²) >= 11 is 0. The molecule has 1 aromatic rings. The molecular weight excluding hydrogens is 296 g/mol. The smallest absolute Gasteiger partial charge is 0.235 e. The number of ether oxygens (including phenoxy) is 2. The summed E-state index contributed by atoms with van der Waals surface area (Å²) < 4.78 is 10.8. The normalized spacial score (nSPS) is 25.6. The third-order valence-electron chi connectivity index (χ3n) is 4.54. The molecule has 4 N–H and O–H groups in total. The van der Waals surface area contributed by atoms with Gasteiger partial charge < -0.3 is 20.1 Å². The second-order valence-electron chi connectivity index (χ2n) is 6.36. The molecule has 1 amide bonds. The average Bonchev–Trinajstić information content (AvgIpc) is 3.07. The van der Waals surface area contributed by atoms with Crippen molar-refractivity contribution in [2.45, 2.75) is 24.9 Å². The first-order chi connectivity index (χ1) is 11.3. The quantitative estimate of drug-likeness (QED) is 0.593. The number of hydrogen-bond donors (Lipinski definition) is 4. The molecule has 1 saturated heterocycles. The summed E-state index contributed by atoms with van der Waals surface area (Å²) in [6, 6.07) is 5.94. The number of hydrazine groups is 1. The Morgan fingerprint density at radius 1 is 1.26 bits per heavy atom. The molecule has 3 aliphatic rings. The number of carbonyl (C=O) groups excluding carboxylic acids is 1. The molecule has 2 heterocycles. The lowest BCUT2D eigenvalue weighted by atomic mass is 9.97. The molecule has 0 bridgehead atoms. The fourth-order valence-electron chi connectivity index (χ4n) is 3.02. The number of rotatable bonds is 6. The van der Waals surface area contributed by atoms with Gasteiger partial charge in [-0.3, -0.25) is 10.2 Å². The highest BCUT2D eigenvalue weighted by atomic mass is 16.7. The molecule has 23 heavy (non-hydrogen) atoms. The summed E-state index contributed by atoms with van der Waals surface area (Å²) in [5.41, 5.74) is 7.37. The third-order valence-corrected chi connectivity index (χ3v) is 4.54. The fraction of sp³-hybridized carbons (Fsp3) is 0.562. The molecule has 7 heteroatoms. The van der Waals surface area contributed by atoms with Gasteiger partial charge in [-0.15, -0.1) is 0 Å². The van der Waals surface area contributed by atoms with E-state index >= 15 is 0 Å². The van der Waals surface area contributed by atoms with E-state index in [-0.39, 0.29) is 24.8 Å². The van der Waals surface area contributed by atoms with Crippen LogP contribution in [0, 0.1) is 5.92 Å². The standard InChI is InChI=1S/C16H22N4O3/c21-15(8-17-6-10-1-2-10)19-16-12(7-18-20-16)11-3-4-13-14(5-11)23-9-22-13/h3-5,10,12,16-18,20H,1-2,6-9H2,(H,19,21). The molecule has 2 unspecified atom stereocenters. The Morgan fingerprint density at radius 3 is 3.00 bits per heavy atom. The zero-order valence-corrected chi connectivity index (χ0v) is 12.9. The second-order valence-corrected chi connectivity index (χ2v) is 6.36. The van der Waals surface area contributed by atoms with Crippen LogP contribution >= 0.6 is 0 Å². The predicted molar refractivity (Wildman–Crippen MR) is 84.0 cm³/mol. The summed E-state index contributed by atoms with van der Waals surface area (Å²) in [7, 11) is 0. The van der Waals surface area contributed by atoms with E-state index in [0.29, 0.717) is 6.54 Å². The van der Waals surface area contributed by atoms with Crippen LogP contribution in [-0.2, 0) is 4.79 Å². The second kappa shape index (κ2) is 6.35. The maximum Gasteiger partial charge on any atom is 0.235 e. The largest absolute Gasteiger partial charge is 0.454 e. The van der Waals surface area contributed by atoms with Crippen molar-refractivity contribution in [3.05, 3.63) is 23.8 Å². The van der Waals surface area contributed by atoms with E-state index in [9.17, 15) is 4.79 Å². The predicted octanol–water partition coefficient (Wildman–Crippen LogP) is 0.0486. The molecule has 2 fully saturated rings. The number of hydrogen-bond acceptors (Lipinski definition) is 6. The number of benzene rings is 1. The van der Waals surface area contributed by atoms with Crippen molar-refractivity contribution >= 4 is 5.91 Å². The first-order valence-electron chi connectivity index (χ1n) is 8.17. The van der Waals surface area contributed by atoms with Crippen LogP contribution < -0.4 is 31.0 Å². The highest BCUT2D eigenvalue weighted by Crippen LogP contribution is 2.35. The topological polar surface area (TPSA) is 83.7 Å². The first kappa shape index (κ1) is 14.7. The lowest BCUT2D eigenvalue weighted by Gasteiger charge is -2.20. The van der Waals surface area contributed by atoms with E-state index in [1.165, 1.54) is 12.8 Å². The van der Waals surface area contributed by atoms with Crippen molar-refractivity contribution in [2.75, 3.05) is 26.4 Å². The molecular formula is C16H22N4O3. The number of nitrogens with one attached hydrogen (secondary N) is 4. The molecule has 0 aromatic heterocycles. The van der Waals surface area contributed by atoms with Crippen LogP contribution in [0.5, 0.6) is 11.5 Å². The van der Waals surface area contributed by atoms with E-state index in [0.717, 1.165) is 36.1 Å². The molecule has 4 rings (SSSR count). The summed E-state index contributed by atoms with van der Waals surface area (Å²) in [5, 5.41) is 6.26. The van der Waals surface area contributed by atoms with Gasteiger partial charge in [0.15, 0.2) is 11.5 Å². The van der Waals surface area contributed by atoms with Gasteiger partial charge in [0.25, 0.3) is 0 Å². The van der Waals surface area contributed by atoms with Gasteiger partial charge in [0.2, 0.25) is 12.7 Å². The molecule has 2 atom stereocenters. The van der Waals surface area contributed by atoms with Gasteiger partial charge in [-0.1, -0.05) is 6.07 Å². The minimum atomic E-state index is -0.134. The van der Waals surface area contributed by atoms with E-state index in [1.54, 1.807) is 0 Å². The van der Waals surface area contributed by atoms with E-state index < -0.39 is 0 Å². The first-order valence-corrected chi connectivity index (χ1v) is 8.17. The van der Waals surface area contributed by atoms with Crippen LogP contribution in [-0.4, -0.2) is 38.5 Å². The Hall–Kier alpha value is -1.83. The van der Waals surface area contributed by atoms with Gasteiger partial charge in [-0.25, -0.2) is 5.43 Å². The van der Waals surface area contributed by atoms with Gasteiger partial charge in [0.1, 0.15) is 6.17 Å². The van der Waals surface area contributed by atoms with Crippen molar-refractivity contribution in [1.82, 2.24) is 21.5 Å². The third kappa shape index (κ3) is 3.41. The monoisotopic (exact) mass is 318 g/mol. The van der Waals surface area contributed by atoms with Gasteiger partial charge >= 0.3 is 0 Å². The lowest BCUT2D eigenvalue weighted by Crippen LogP contribution is -2.49. The van der Waals surface area contributed by atoms with Gasteiger partial charge in [-0.2, -0.15) is 0 Å². The molecule has 2 aliphatic heterocycles. The van der Waals surface area contributed by atoms with E-state index in [2.05, 4.69) is 21.5 Å². The molecule has 0 radical (unpaired) electrons. The minimum Gasteiger partial charge on any atom is -0.454 e. The van der Waals surface area contributed by atoms with Crippen molar-refractivity contribution in [2.24, 2.45) is 5.92 Å². The van der Waals surface area contributed by atoms with Gasteiger partial charge in [0.05, 0.1) is 6.54 Å². The molecule has 1 aliphatic carbocycles. The molecule has 124 valence electrons. The minimum absolute atomic E-state index is 0.0117. The average molecular weight is 318 g/mol. The van der Waals surface area contributed by atoms with Gasteiger partial charge in [-0.05, 0) is 43.0 Å². The van der Waals surface area contributed by atoms with Crippen molar-refractivity contribution in [3.8, 4) is 11.5 Å². The summed E-state index contributed by atoms with van der Waals surface area (Å²) in [4.78, 5) is 12.1.